The zero-order valence-corrected chi connectivity index (χ0v) is 21.9. The summed E-state index contributed by atoms with van der Waals surface area (Å²) in [6.07, 6.45) is 18.9. The highest BCUT2D eigenvalue weighted by molar-refractivity contribution is 5.70. The van der Waals surface area contributed by atoms with Gasteiger partial charge in [0.1, 0.15) is 11.4 Å². The van der Waals surface area contributed by atoms with Crippen molar-refractivity contribution in [3.05, 3.63) is 29.3 Å². The molecule has 0 aromatic heterocycles. The number of methoxy groups -OCH3 is 1. The zero-order chi connectivity index (χ0) is 23.8. The van der Waals surface area contributed by atoms with Crippen LogP contribution in [0.2, 0.25) is 0 Å². The van der Waals surface area contributed by atoms with E-state index in [4.69, 9.17) is 9.47 Å². The van der Waals surface area contributed by atoms with Crippen LogP contribution in [0.15, 0.2) is 18.2 Å². The molecule has 2 bridgehead atoms. The number of aryl methyl sites for hydroxylation is 1. The predicted molar refractivity (Wildman–Crippen MR) is 137 cm³/mol. The second-order valence-corrected chi connectivity index (χ2v) is 12.2. The van der Waals surface area contributed by atoms with Crippen molar-refractivity contribution in [2.24, 2.45) is 16.7 Å². The fraction of sp³-hybridized carbons (Fsp3) is 0.774. The van der Waals surface area contributed by atoms with Crippen LogP contribution < -0.4 is 4.74 Å². The SMILES string of the molecule is CCCCCCCCCC(=O)O[C@]12CC[C@]3(CC1)[C@@H]1CCc4cc(OC)ccc4[C@H]1CC[C@]23C. The summed E-state index contributed by atoms with van der Waals surface area (Å²) >= 11 is 0. The normalized spacial score (nSPS) is 35.4. The van der Waals surface area contributed by atoms with E-state index in [9.17, 15) is 4.79 Å². The molecule has 3 saturated carbocycles. The van der Waals surface area contributed by atoms with Gasteiger partial charge in [-0.1, -0.05) is 58.4 Å². The van der Waals surface area contributed by atoms with Gasteiger partial charge < -0.3 is 9.47 Å². The fourth-order valence-corrected chi connectivity index (χ4v) is 9.10. The van der Waals surface area contributed by atoms with Crippen molar-refractivity contribution < 1.29 is 14.3 Å². The van der Waals surface area contributed by atoms with Crippen molar-refractivity contribution in [1.82, 2.24) is 0 Å². The minimum atomic E-state index is -0.198. The number of benzene rings is 1. The van der Waals surface area contributed by atoms with Gasteiger partial charge >= 0.3 is 5.97 Å². The quantitative estimate of drug-likeness (QED) is 0.258. The van der Waals surface area contributed by atoms with E-state index < -0.39 is 0 Å². The van der Waals surface area contributed by atoms with Gasteiger partial charge in [0.25, 0.3) is 0 Å². The summed E-state index contributed by atoms with van der Waals surface area (Å²) < 4.78 is 12.0. The van der Waals surface area contributed by atoms with Crippen molar-refractivity contribution in [3.8, 4) is 5.75 Å². The van der Waals surface area contributed by atoms with Crippen LogP contribution in [0, 0.1) is 16.7 Å². The van der Waals surface area contributed by atoms with Crippen molar-refractivity contribution in [1.29, 1.82) is 0 Å². The Morgan fingerprint density at radius 3 is 2.44 bits per heavy atom. The monoisotopic (exact) mass is 466 g/mol. The lowest BCUT2D eigenvalue weighted by Crippen LogP contribution is -2.53. The van der Waals surface area contributed by atoms with Crippen LogP contribution in [-0.2, 0) is 16.0 Å². The third kappa shape index (κ3) is 3.71. The molecule has 4 aliphatic carbocycles. The molecule has 188 valence electrons. The largest absolute Gasteiger partial charge is 0.497 e. The summed E-state index contributed by atoms with van der Waals surface area (Å²) in [5.41, 5.74) is 3.39. The summed E-state index contributed by atoms with van der Waals surface area (Å²) in [6.45, 7) is 4.77. The van der Waals surface area contributed by atoms with E-state index in [1.165, 1.54) is 76.2 Å². The molecule has 0 amide bonds. The first-order chi connectivity index (χ1) is 16.5. The van der Waals surface area contributed by atoms with E-state index in [1.807, 2.05) is 0 Å². The van der Waals surface area contributed by atoms with E-state index in [-0.39, 0.29) is 17.0 Å². The number of carbonyl (C=O) groups excluding carboxylic acids is 1. The Bertz CT molecular complexity index is 881. The molecular weight excluding hydrogens is 420 g/mol. The first kappa shape index (κ1) is 24.2. The van der Waals surface area contributed by atoms with E-state index in [2.05, 4.69) is 32.0 Å². The smallest absolute Gasteiger partial charge is 0.306 e. The number of carbonyl (C=O) groups is 1. The number of fused-ring (bicyclic) bond motifs is 3. The van der Waals surface area contributed by atoms with Crippen LogP contribution in [0.25, 0.3) is 0 Å². The van der Waals surface area contributed by atoms with E-state index in [0.29, 0.717) is 17.8 Å². The molecule has 0 spiro atoms. The molecule has 3 nitrogen and oxygen atoms in total. The van der Waals surface area contributed by atoms with Crippen LogP contribution in [0.1, 0.15) is 127 Å². The summed E-state index contributed by atoms with van der Waals surface area (Å²) in [5.74, 6) is 2.47. The first-order valence-corrected chi connectivity index (χ1v) is 14.4. The van der Waals surface area contributed by atoms with Gasteiger partial charge in [-0.25, -0.2) is 0 Å². The Morgan fingerprint density at radius 1 is 0.971 bits per heavy atom. The Morgan fingerprint density at radius 2 is 1.71 bits per heavy atom. The number of unbranched alkanes of at least 4 members (excludes halogenated alkanes) is 6. The standard InChI is InChI=1S/C31H46O3/c1-4-5-6-7-8-9-10-11-28(32)34-31-20-18-30(19-21-31)27-15-12-23-22-24(33-3)13-14-25(23)26(27)16-17-29(30,31)2/h13-14,22,26-27H,4-12,15-21H2,1-3H3/t26-,27-,29+,30-,31+/m1/s1. The summed E-state index contributed by atoms with van der Waals surface area (Å²) in [5, 5.41) is 0. The van der Waals surface area contributed by atoms with Gasteiger partial charge in [-0.05, 0) is 98.3 Å². The van der Waals surface area contributed by atoms with E-state index in [1.54, 1.807) is 12.7 Å². The van der Waals surface area contributed by atoms with Crippen molar-refractivity contribution >= 4 is 5.97 Å². The van der Waals surface area contributed by atoms with Crippen LogP contribution in [0.4, 0.5) is 0 Å². The molecule has 5 rings (SSSR count). The van der Waals surface area contributed by atoms with Gasteiger partial charge in [-0.3, -0.25) is 4.79 Å². The molecule has 3 atom stereocenters. The predicted octanol–water partition coefficient (Wildman–Crippen LogP) is 8.14. The van der Waals surface area contributed by atoms with Crippen LogP contribution in [0.5, 0.6) is 5.75 Å². The molecule has 0 aliphatic heterocycles. The number of rotatable bonds is 10. The van der Waals surface area contributed by atoms with Gasteiger partial charge in [0, 0.05) is 11.8 Å². The molecule has 0 unspecified atom stereocenters. The van der Waals surface area contributed by atoms with Crippen LogP contribution in [-0.4, -0.2) is 18.7 Å². The van der Waals surface area contributed by atoms with Crippen molar-refractivity contribution in [2.45, 2.75) is 128 Å². The van der Waals surface area contributed by atoms with Gasteiger partial charge in [-0.2, -0.15) is 0 Å². The molecular formula is C31H46O3. The Hall–Kier alpha value is -1.51. The maximum absolute atomic E-state index is 13.0. The van der Waals surface area contributed by atoms with Gasteiger partial charge in [0.15, 0.2) is 0 Å². The molecule has 1 aromatic carbocycles. The molecule has 3 heteroatoms. The number of hydrogen-bond acceptors (Lipinski definition) is 3. The topological polar surface area (TPSA) is 35.5 Å². The average molecular weight is 467 g/mol. The highest BCUT2D eigenvalue weighted by Gasteiger charge is 2.75. The lowest BCUT2D eigenvalue weighted by atomic mass is 9.48. The van der Waals surface area contributed by atoms with E-state index >= 15 is 0 Å². The second-order valence-electron chi connectivity index (χ2n) is 12.2. The summed E-state index contributed by atoms with van der Waals surface area (Å²) in [7, 11) is 1.77. The molecule has 0 saturated heterocycles. The number of esters is 1. The van der Waals surface area contributed by atoms with Gasteiger partial charge in [-0.15, -0.1) is 0 Å². The minimum absolute atomic E-state index is 0.0793. The number of hydrogen-bond donors (Lipinski definition) is 0. The molecule has 34 heavy (non-hydrogen) atoms. The Labute approximate surface area is 207 Å². The fourth-order valence-electron chi connectivity index (χ4n) is 9.10. The zero-order valence-electron chi connectivity index (χ0n) is 21.9. The first-order valence-electron chi connectivity index (χ1n) is 14.4. The third-order valence-electron chi connectivity index (χ3n) is 11.0. The third-order valence-corrected chi connectivity index (χ3v) is 11.0. The van der Waals surface area contributed by atoms with Gasteiger partial charge in [0.05, 0.1) is 7.11 Å². The lowest BCUT2D eigenvalue weighted by Gasteiger charge is -2.57. The summed E-state index contributed by atoms with van der Waals surface area (Å²) in [6, 6.07) is 6.78. The number of ether oxygens (including phenoxy) is 2. The maximum atomic E-state index is 13.0. The summed E-state index contributed by atoms with van der Waals surface area (Å²) in [4.78, 5) is 13.0. The van der Waals surface area contributed by atoms with Crippen LogP contribution >= 0.6 is 0 Å². The lowest BCUT2D eigenvalue weighted by molar-refractivity contribution is -0.176. The minimum Gasteiger partial charge on any atom is -0.497 e. The molecule has 4 aliphatic rings. The Balaban J connectivity index is 1.25. The van der Waals surface area contributed by atoms with Crippen molar-refractivity contribution in [3.63, 3.8) is 0 Å². The molecule has 0 radical (unpaired) electrons. The van der Waals surface area contributed by atoms with Gasteiger partial charge in [0.2, 0.25) is 0 Å². The molecule has 1 aromatic rings. The second kappa shape index (κ2) is 9.51. The van der Waals surface area contributed by atoms with Crippen LogP contribution in [0.3, 0.4) is 0 Å². The maximum Gasteiger partial charge on any atom is 0.306 e. The van der Waals surface area contributed by atoms with Crippen molar-refractivity contribution in [2.75, 3.05) is 7.11 Å². The highest BCUT2D eigenvalue weighted by Crippen LogP contribution is 2.78. The molecule has 0 N–H and O–H groups in total. The molecule has 0 heterocycles. The van der Waals surface area contributed by atoms with E-state index in [0.717, 1.165) is 37.4 Å². The Kier molecular flexibility index (Phi) is 6.77. The average Bonchev–Trinajstić information content (AvgIpc) is 3.25. The molecule has 3 fully saturated rings. The highest BCUT2D eigenvalue weighted by atomic mass is 16.6.